The molecule has 1 amide bonds. The normalized spacial score (nSPS) is 11.2. The summed E-state index contributed by atoms with van der Waals surface area (Å²) < 4.78 is 0.962. The number of benzene rings is 2. The summed E-state index contributed by atoms with van der Waals surface area (Å²) in [6, 6.07) is 15.1. The maximum atomic E-state index is 11.5. The van der Waals surface area contributed by atoms with Crippen LogP contribution in [0.2, 0.25) is 0 Å². The first-order chi connectivity index (χ1) is 12.0. The molecule has 0 saturated carbocycles. The second-order valence-electron chi connectivity index (χ2n) is 5.68. The molecule has 0 saturated heterocycles. The Kier molecular flexibility index (Phi) is 5.37. The van der Waals surface area contributed by atoms with E-state index >= 15 is 0 Å². The molecule has 0 bridgehead atoms. The molecule has 0 aliphatic carbocycles. The van der Waals surface area contributed by atoms with Crippen molar-refractivity contribution in [2.24, 2.45) is 0 Å². The first-order valence-corrected chi connectivity index (χ1v) is 8.60. The topological polar surface area (TPSA) is 79.8 Å². The molecule has 3 N–H and O–H groups in total. The zero-order valence-corrected chi connectivity index (χ0v) is 15.0. The van der Waals surface area contributed by atoms with E-state index in [1.807, 2.05) is 54.7 Å². The summed E-state index contributed by atoms with van der Waals surface area (Å²) in [5.41, 5.74) is 2.81. The summed E-state index contributed by atoms with van der Waals surface area (Å²) >= 11 is 3.45. The van der Waals surface area contributed by atoms with Crippen LogP contribution in [0.5, 0.6) is 0 Å². The number of hydroxylamine groups is 1. The number of hydrogen-bond acceptors (Lipinski definition) is 3. The first-order valence-electron chi connectivity index (χ1n) is 7.81. The highest BCUT2D eigenvalue weighted by Gasteiger charge is 2.20. The van der Waals surface area contributed by atoms with Gasteiger partial charge in [-0.05, 0) is 35.7 Å². The number of aromatic nitrogens is 1. The van der Waals surface area contributed by atoms with E-state index in [1.165, 1.54) is 0 Å². The lowest BCUT2D eigenvalue weighted by Gasteiger charge is -2.27. The molecule has 2 aromatic carbocycles. The highest BCUT2D eigenvalue weighted by Crippen LogP contribution is 2.23. The Morgan fingerprint density at radius 2 is 1.92 bits per heavy atom. The van der Waals surface area contributed by atoms with Crippen LogP contribution in [0.1, 0.15) is 11.1 Å². The molecule has 0 radical (unpaired) electrons. The van der Waals surface area contributed by atoms with Crippen molar-refractivity contribution in [2.45, 2.75) is 13.0 Å². The number of carbonyl (C=O) groups is 1. The fraction of sp³-hybridized carbons (Fsp3) is 0.167. The molecule has 7 heteroatoms. The lowest BCUT2D eigenvalue weighted by atomic mass is 10.1. The number of nitrogens with one attached hydrogen (secondary N) is 1. The van der Waals surface area contributed by atoms with Gasteiger partial charge in [-0.25, -0.2) is 9.80 Å². The quantitative estimate of drug-likeness (QED) is 0.537. The molecule has 0 spiro atoms. The van der Waals surface area contributed by atoms with E-state index in [0.29, 0.717) is 6.42 Å². The van der Waals surface area contributed by atoms with Crippen molar-refractivity contribution in [3.63, 3.8) is 0 Å². The van der Waals surface area contributed by atoms with Gasteiger partial charge in [0.1, 0.15) is 0 Å². The third kappa shape index (κ3) is 4.19. The van der Waals surface area contributed by atoms with E-state index < -0.39 is 6.09 Å². The van der Waals surface area contributed by atoms with E-state index in [2.05, 4.69) is 20.9 Å². The number of rotatable bonds is 6. The molecule has 25 heavy (non-hydrogen) atoms. The highest BCUT2D eigenvalue weighted by atomic mass is 79.9. The van der Waals surface area contributed by atoms with Gasteiger partial charge in [0, 0.05) is 28.1 Å². The van der Waals surface area contributed by atoms with Gasteiger partial charge < -0.3 is 10.1 Å². The number of halogens is 1. The van der Waals surface area contributed by atoms with Crippen molar-refractivity contribution < 1.29 is 15.1 Å². The standard InChI is InChI=1S/C18H18BrN3O3/c19-15-6-7-17-16(10-15)14(11-20-17)8-9-21(18(23)24)22(25)12-13-4-2-1-3-5-13/h1-7,10-11,20,25H,8-9,12H2,(H,23,24). The zero-order valence-electron chi connectivity index (χ0n) is 13.4. The predicted molar refractivity (Wildman–Crippen MR) is 98.2 cm³/mol. The first kappa shape index (κ1) is 17.5. The van der Waals surface area contributed by atoms with Gasteiger partial charge in [0.05, 0.1) is 6.54 Å². The van der Waals surface area contributed by atoms with Crippen molar-refractivity contribution in [1.29, 1.82) is 0 Å². The van der Waals surface area contributed by atoms with Crippen LogP contribution in [-0.4, -0.2) is 38.1 Å². The Morgan fingerprint density at radius 3 is 2.64 bits per heavy atom. The summed E-state index contributed by atoms with van der Waals surface area (Å²) in [4.78, 5) is 14.7. The number of nitrogens with zero attached hydrogens (tertiary/aromatic N) is 2. The van der Waals surface area contributed by atoms with Crippen LogP contribution in [0.3, 0.4) is 0 Å². The molecule has 130 valence electrons. The van der Waals surface area contributed by atoms with Crippen LogP contribution in [0.15, 0.2) is 59.2 Å². The number of aromatic amines is 1. The lowest BCUT2D eigenvalue weighted by molar-refractivity contribution is -0.233. The molecule has 3 rings (SSSR count). The van der Waals surface area contributed by atoms with E-state index in [1.54, 1.807) is 0 Å². The van der Waals surface area contributed by atoms with Crippen molar-refractivity contribution >= 4 is 32.9 Å². The minimum atomic E-state index is -1.19. The predicted octanol–water partition coefficient (Wildman–Crippen LogP) is 4.26. The molecule has 3 aromatic rings. The van der Waals surface area contributed by atoms with E-state index in [-0.39, 0.29) is 13.1 Å². The molecular formula is C18H18BrN3O3. The maximum Gasteiger partial charge on any atom is 0.423 e. The molecule has 1 aromatic heterocycles. The average molecular weight is 404 g/mol. The second-order valence-corrected chi connectivity index (χ2v) is 6.59. The molecule has 0 fully saturated rings. The van der Waals surface area contributed by atoms with Crippen LogP contribution in [0.4, 0.5) is 4.79 Å². The number of H-pyrrole nitrogens is 1. The fourth-order valence-electron chi connectivity index (χ4n) is 2.73. The lowest BCUT2D eigenvalue weighted by Crippen LogP contribution is -2.44. The fourth-order valence-corrected chi connectivity index (χ4v) is 3.09. The Bertz CT molecular complexity index is 866. The molecule has 0 unspecified atom stereocenters. The van der Waals surface area contributed by atoms with E-state index in [9.17, 15) is 15.1 Å². The van der Waals surface area contributed by atoms with Gasteiger partial charge in [-0.1, -0.05) is 51.4 Å². The van der Waals surface area contributed by atoms with Crippen molar-refractivity contribution in [1.82, 2.24) is 15.2 Å². The average Bonchev–Trinajstić information content (AvgIpc) is 2.98. The molecular weight excluding hydrogens is 386 g/mol. The molecule has 0 aliphatic heterocycles. The molecule has 0 aliphatic rings. The zero-order chi connectivity index (χ0) is 17.8. The Hall–Kier alpha value is -2.35. The second kappa shape index (κ2) is 7.69. The van der Waals surface area contributed by atoms with Crippen LogP contribution < -0.4 is 0 Å². The SMILES string of the molecule is O=C(O)N(CCc1c[nH]c2ccc(Br)cc12)N(O)Cc1ccccc1. The summed E-state index contributed by atoms with van der Waals surface area (Å²) in [6.45, 7) is 0.255. The Morgan fingerprint density at radius 1 is 1.16 bits per heavy atom. The van der Waals surface area contributed by atoms with Gasteiger partial charge in [-0.15, -0.1) is 0 Å². The van der Waals surface area contributed by atoms with Crippen LogP contribution >= 0.6 is 15.9 Å². The Labute approximate surface area is 153 Å². The molecule has 0 atom stereocenters. The molecule has 1 heterocycles. The van der Waals surface area contributed by atoms with Crippen LogP contribution in [-0.2, 0) is 13.0 Å². The number of hydrazine groups is 1. The molecule has 6 nitrogen and oxygen atoms in total. The van der Waals surface area contributed by atoms with Crippen molar-refractivity contribution in [2.75, 3.05) is 6.54 Å². The summed E-state index contributed by atoms with van der Waals surface area (Å²) in [6.07, 6.45) is 1.16. The third-order valence-electron chi connectivity index (χ3n) is 3.99. The van der Waals surface area contributed by atoms with Gasteiger partial charge >= 0.3 is 6.09 Å². The summed E-state index contributed by atoms with van der Waals surface area (Å²) in [5.74, 6) is 0. The van der Waals surface area contributed by atoms with Gasteiger partial charge in [0.25, 0.3) is 0 Å². The highest BCUT2D eigenvalue weighted by molar-refractivity contribution is 9.10. The number of carboxylic acid groups (broad SMARTS) is 1. The van der Waals surface area contributed by atoms with Crippen LogP contribution in [0.25, 0.3) is 10.9 Å². The van der Waals surface area contributed by atoms with Gasteiger partial charge in [-0.2, -0.15) is 0 Å². The third-order valence-corrected chi connectivity index (χ3v) is 4.48. The number of fused-ring (bicyclic) bond motifs is 1. The maximum absolute atomic E-state index is 11.5. The van der Waals surface area contributed by atoms with Gasteiger partial charge in [-0.3, -0.25) is 5.21 Å². The van der Waals surface area contributed by atoms with Crippen LogP contribution in [0, 0.1) is 0 Å². The van der Waals surface area contributed by atoms with Gasteiger partial charge in [0.2, 0.25) is 0 Å². The minimum Gasteiger partial charge on any atom is -0.464 e. The summed E-state index contributed by atoms with van der Waals surface area (Å²) in [7, 11) is 0. The monoisotopic (exact) mass is 403 g/mol. The number of amides is 1. The largest absolute Gasteiger partial charge is 0.464 e. The summed E-state index contributed by atoms with van der Waals surface area (Å²) in [5, 5.41) is 22.3. The van der Waals surface area contributed by atoms with Crippen molar-refractivity contribution in [3.05, 3.63) is 70.3 Å². The minimum absolute atomic E-state index is 0.104. The van der Waals surface area contributed by atoms with E-state index in [0.717, 1.165) is 36.7 Å². The van der Waals surface area contributed by atoms with Crippen molar-refractivity contribution in [3.8, 4) is 0 Å². The van der Waals surface area contributed by atoms with E-state index in [4.69, 9.17) is 0 Å². The number of hydrogen-bond donors (Lipinski definition) is 3. The Balaban J connectivity index is 1.71. The smallest absolute Gasteiger partial charge is 0.423 e. The van der Waals surface area contributed by atoms with Gasteiger partial charge in [0.15, 0.2) is 0 Å².